The maximum atomic E-state index is 13.1. The average molecular weight is 272 g/mol. The normalized spacial score (nSPS) is 15.9. The van der Waals surface area contributed by atoms with Crippen LogP contribution in [-0.2, 0) is 0 Å². The van der Waals surface area contributed by atoms with Crippen molar-refractivity contribution in [3.63, 3.8) is 0 Å². The third-order valence-corrected chi connectivity index (χ3v) is 3.53. The summed E-state index contributed by atoms with van der Waals surface area (Å²) >= 11 is 0. The first kappa shape index (κ1) is 13.1. The van der Waals surface area contributed by atoms with Crippen LogP contribution in [0, 0.1) is 12.7 Å². The number of halogens is 1. The van der Waals surface area contributed by atoms with Crippen LogP contribution < -0.4 is 4.74 Å². The van der Waals surface area contributed by atoms with Gasteiger partial charge in [0.2, 0.25) is 0 Å². The smallest absolute Gasteiger partial charge is 0.123 e. The largest absolute Gasteiger partial charge is 0.490 e. The number of ether oxygens (including phenoxy) is 1. The third-order valence-electron chi connectivity index (χ3n) is 3.53. The quantitative estimate of drug-likeness (QED) is 0.918. The van der Waals surface area contributed by atoms with E-state index in [1.165, 1.54) is 12.1 Å². The summed E-state index contributed by atoms with van der Waals surface area (Å²) in [5.74, 6) is 0.494. The van der Waals surface area contributed by atoms with Crippen LogP contribution in [0.4, 0.5) is 4.39 Å². The van der Waals surface area contributed by atoms with Crippen LogP contribution in [0.15, 0.2) is 42.5 Å². The van der Waals surface area contributed by atoms with Gasteiger partial charge < -0.3 is 9.84 Å². The first-order valence-corrected chi connectivity index (χ1v) is 6.84. The van der Waals surface area contributed by atoms with E-state index in [1.807, 2.05) is 24.3 Å². The summed E-state index contributed by atoms with van der Waals surface area (Å²) in [6.45, 7) is 1.80. The van der Waals surface area contributed by atoms with E-state index in [0.29, 0.717) is 6.10 Å². The molecule has 1 atom stereocenters. The molecule has 3 heteroatoms. The Morgan fingerprint density at radius 1 is 1.20 bits per heavy atom. The van der Waals surface area contributed by atoms with E-state index in [1.54, 1.807) is 13.0 Å². The van der Waals surface area contributed by atoms with E-state index in [-0.39, 0.29) is 5.82 Å². The highest BCUT2D eigenvalue weighted by molar-refractivity contribution is 5.38. The Labute approximate surface area is 117 Å². The maximum Gasteiger partial charge on any atom is 0.123 e. The number of aliphatic hydroxyl groups is 1. The predicted octanol–water partition coefficient (Wildman–Crippen LogP) is 3.76. The first-order valence-electron chi connectivity index (χ1n) is 6.84. The SMILES string of the molecule is Cc1cc(F)ccc1C(O)c1cccc(OC2CC2)c1. The Morgan fingerprint density at radius 2 is 2.00 bits per heavy atom. The van der Waals surface area contributed by atoms with Crippen molar-refractivity contribution in [2.24, 2.45) is 0 Å². The molecule has 1 N–H and O–H groups in total. The van der Waals surface area contributed by atoms with Crippen LogP contribution >= 0.6 is 0 Å². The van der Waals surface area contributed by atoms with Crippen molar-refractivity contribution in [1.82, 2.24) is 0 Å². The summed E-state index contributed by atoms with van der Waals surface area (Å²) in [6, 6.07) is 11.9. The van der Waals surface area contributed by atoms with Crippen molar-refractivity contribution >= 4 is 0 Å². The molecule has 0 bridgehead atoms. The van der Waals surface area contributed by atoms with Gasteiger partial charge in [0.1, 0.15) is 17.7 Å². The van der Waals surface area contributed by atoms with E-state index in [9.17, 15) is 9.50 Å². The second-order valence-corrected chi connectivity index (χ2v) is 5.29. The monoisotopic (exact) mass is 272 g/mol. The fourth-order valence-electron chi connectivity index (χ4n) is 2.26. The number of aliphatic hydroxyl groups excluding tert-OH is 1. The summed E-state index contributed by atoms with van der Waals surface area (Å²) < 4.78 is 18.9. The lowest BCUT2D eigenvalue weighted by Crippen LogP contribution is -2.03. The van der Waals surface area contributed by atoms with Gasteiger partial charge in [-0.1, -0.05) is 18.2 Å². The standard InChI is InChI=1S/C17H17FO2/c1-11-9-13(18)5-8-16(11)17(19)12-3-2-4-15(10-12)20-14-6-7-14/h2-5,8-10,14,17,19H,6-7H2,1H3. The highest BCUT2D eigenvalue weighted by atomic mass is 19.1. The molecule has 0 saturated heterocycles. The van der Waals surface area contributed by atoms with Gasteiger partial charge in [0.25, 0.3) is 0 Å². The van der Waals surface area contributed by atoms with Crippen LogP contribution in [0.5, 0.6) is 5.75 Å². The Balaban J connectivity index is 1.86. The van der Waals surface area contributed by atoms with Crippen molar-refractivity contribution in [2.75, 3.05) is 0 Å². The number of hydrogen-bond donors (Lipinski definition) is 1. The molecule has 0 amide bonds. The minimum absolute atomic E-state index is 0.288. The number of benzene rings is 2. The van der Waals surface area contributed by atoms with Crippen LogP contribution in [0.3, 0.4) is 0 Å². The maximum absolute atomic E-state index is 13.1. The van der Waals surface area contributed by atoms with Gasteiger partial charge in [0.05, 0.1) is 6.10 Å². The second kappa shape index (κ2) is 5.25. The number of aryl methyl sites for hydroxylation is 1. The van der Waals surface area contributed by atoms with E-state index in [0.717, 1.165) is 35.3 Å². The van der Waals surface area contributed by atoms with Gasteiger partial charge in [-0.15, -0.1) is 0 Å². The van der Waals surface area contributed by atoms with Gasteiger partial charge in [-0.25, -0.2) is 4.39 Å². The Kier molecular flexibility index (Phi) is 3.45. The topological polar surface area (TPSA) is 29.5 Å². The van der Waals surface area contributed by atoms with Gasteiger partial charge in [-0.05, 0) is 60.7 Å². The number of hydrogen-bond acceptors (Lipinski definition) is 2. The van der Waals surface area contributed by atoms with E-state index in [2.05, 4.69) is 0 Å². The van der Waals surface area contributed by atoms with Crippen LogP contribution in [0.1, 0.15) is 35.6 Å². The Morgan fingerprint density at radius 3 is 2.70 bits per heavy atom. The molecule has 1 fully saturated rings. The summed E-state index contributed by atoms with van der Waals surface area (Å²) in [5, 5.41) is 10.5. The highest BCUT2D eigenvalue weighted by Gasteiger charge is 2.24. The molecule has 1 aliphatic rings. The zero-order valence-electron chi connectivity index (χ0n) is 11.3. The molecule has 1 unspecified atom stereocenters. The molecule has 0 aliphatic heterocycles. The van der Waals surface area contributed by atoms with Crippen molar-refractivity contribution in [3.05, 3.63) is 65.0 Å². The van der Waals surface area contributed by atoms with Gasteiger partial charge in [-0.2, -0.15) is 0 Å². The fourth-order valence-corrected chi connectivity index (χ4v) is 2.26. The molecule has 20 heavy (non-hydrogen) atoms. The first-order chi connectivity index (χ1) is 9.63. The lowest BCUT2D eigenvalue weighted by atomic mass is 9.97. The lowest BCUT2D eigenvalue weighted by Gasteiger charge is -2.15. The van der Waals surface area contributed by atoms with Gasteiger partial charge in [-0.3, -0.25) is 0 Å². The summed E-state index contributed by atoms with van der Waals surface area (Å²) in [5.41, 5.74) is 2.22. The van der Waals surface area contributed by atoms with Gasteiger partial charge in [0, 0.05) is 0 Å². The van der Waals surface area contributed by atoms with E-state index >= 15 is 0 Å². The summed E-state index contributed by atoms with van der Waals surface area (Å²) in [6.07, 6.45) is 1.77. The third kappa shape index (κ3) is 2.83. The lowest BCUT2D eigenvalue weighted by molar-refractivity contribution is 0.218. The molecule has 2 aromatic carbocycles. The second-order valence-electron chi connectivity index (χ2n) is 5.29. The fraction of sp³-hybridized carbons (Fsp3) is 0.294. The molecule has 1 saturated carbocycles. The molecule has 0 radical (unpaired) electrons. The van der Waals surface area contributed by atoms with Crippen molar-refractivity contribution < 1.29 is 14.2 Å². The summed E-state index contributed by atoms with van der Waals surface area (Å²) in [4.78, 5) is 0. The minimum Gasteiger partial charge on any atom is -0.490 e. The average Bonchev–Trinajstić information content (AvgIpc) is 3.22. The van der Waals surface area contributed by atoms with E-state index < -0.39 is 6.10 Å². The van der Waals surface area contributed by atoms with Crippen molar-refractivity contribution in [3.8, 4) is 5.75 Å². The Bertz CT molecular complexity index is 620. The van der Waals surface area contributed by atoms with Crippen LogP contribution in [0.2, 0.25) is 0 Å². The zero-order chi connectivity index (χ0) is 14.1. The zero-order valence-corrected chi connectivity index (χ0v) is 11.3. The van der Waals surface area contributed by atoms with Crippen LogP contribution in [-0.4, -0.2) is 11.2 Å². The van der Waals surface area contributed by atoms with Crippen LogP contribution in [0.25, 0.3) is 0 Å². The van der Waals surface area contributed by atoms with Gasteiger partial charge in [0.15, 0.2) is 0 Å². The minimum atomic E-state index is -0.765. The molecule has 1 aliphatic carbocycles. The molecule has 3 rings (SSSR count). The predicted molar refractivity (Wildman–Crippen MR) is 75.3 cm³/mol. The molecule has 2 aromatic rings. The number of rotatable bonds is 4. The van der Waals surface area contributed by atoms with Crippen molar-refractivity contribution in [2.45, 2.75) is 32.0 Å². The molecule has 0 heterocycles. The molecular weight excluding hydrogens is 255 g/mol. The summed E-state index contributed by atoms with van der Waals surface area (Å²) in [7, 11) is 0. The molecule has 104 valence electrons. The van der Waals surface area contributed by atoms with E-state index in [4.69, 9.17) is 4.74 Å². The molecule has 0 aromatic heterocycles. The van der Waals surface area contributed by atoms with Gasteiger partial charge >= 0.3 is 0 Å². The molecular formula is C17H17FO2. The highest BCUT2D eigenvalue weighted by Crippen LogP contribution is 2.31. The Hall–Kier alpha value is -1.87. The molecule has 0 spiro atoms. The van der Waals surface area contributed by atoms with Crippen molar-refractivity contribution in [1.29, 1.82) is 0 Å². The molecule has 2 nitrogen and oxygen atoms in total.